The lowest BCUT2D eigenvalue weighted by atomic mass is 9.88. The average molecular weight is 570 g/mol. The molecule has 1 aromatic heterocycles. The number of rotatable bonds is 8. The number of nitrogens with two attached hydrogens (primary N) is 1. The molecule has 3 heterocycles. The van der Waals surface area contributed by atoms with Crippen molar-refractivity contribution < 1.29 is 4.79 Å². The number of halogens is 1. The van der Waals surface area contributed by atoms with Gasteiger partial charge in [0.2, 0.25) is 5.91 Å². The van der Waals surface area contributed by atoms with E-state index in [4.69, 9.17) is 17.3 Å². The SMILES string of the molecule is N[C@@H](C(=O)N1CCN(Cc2cccc3cc[nH]c23)CC1)C1CCN(CCc2cc(Cl)ccc2-c2ccccc2)CC1. The summed E-state index contributed by atoms with van der Waals surface area (Å²) in [7, 11) is 0. The first-order valence-corrected chi connectivity index (χ1v) is 15.3. The van der Waals surface area contributed by atoms with Gasteiger partial charge in [-0.25, -0.2) is 0 Å². The predicted octanol–water partition coefficient (Wildman–Crippen LogP) is 5.41. The fraction of sp³-hybridized carbons (Fsp3) is 0.382. The van der Waals surface area contributed by atoms with E-state index in [1.807, 2.05) is 23.2 Å². The predicted molar refractivity (Wildman–Crippen MR) is 168 cm³/mol. The van der Waals surface area contributed by atoms with Crippen molar-refractivity contribution in [3.05, 3.63) is 95.1 Å². The molecule has 6 rings (SSSR count). The summed E-state index contributed by atoms with van der Waals surface area (Å²) in [5.74, 6) is 0.370. The Kier molecular flexibility index (Phi) is 8.73. The van der Waals surface area contributed by atoms with Crippen LogP contribution in [0.2, 0.25) is 5.02 Å². The molecule has 6 nitrogen and oxygen atoms in total. The van der Waals surface area contributed by atoms with Gasteiger partial charge in [0.25, 0.3) is 0 Å². The van der Waals surface area contributed by atoms with E-state index in [9.17, 15) is 4.79 Å². The van der Waals surface area contributed by atoms with Gasteiger partial charge in [0.05, 0.1) is 6.04 Å². The zero-order valence-corrected chi connectivity index (χ0v) is 24.4. The summed E-state index contributed by atoms with van der Waals surface area (Å²) in [6.07, 6.45) is 4.88. The lowest BCUT2D eigenvalue weighted by Gasteiger charge is -2.39. The fourth-order valence-electron chi connectivity index (χ4n) is 6.54. The third kappa shape index (κ3) is 6.52. The summed E-state index contributed by atoms with van der Waals surface area (Å²) >= 11 is 6.37. The lowest BCUT2D eigenvalue weighted by Crippen LogP contribution is -2.55. The van der Waals surface area contributed by atoms with Crippen LogP contribution in [-0.4, -0.2) is 77.4 Å². The first-order chi connectivity index (χ1) is 20.0. The number of likely N-dealkylation sites (tertiary alicyclic amines) is 1. The van der Waals surface area contributed by atoms with E-state index < -0.39 is 6.04 Å². The Balaban J connectivity index is 0.968. The van der Waals surface area contributed by atoms with Crippen LogP contribution in [0.25, 0.3) is 22.0 Å². The van der Waals surface area contributed by atoms with Crippen LogP contribution in [0.5, 0.6) is 0 Å². The Hall–Kier alpha value is -3.16. The number of fused-ring (bicyclic) bond motifs is 1. The topological polar surface area (TPSA) is 68.6 Å². The Morgan fingerprint density at radius 1 is 0.878 bits per heavy atom. The van der Waals surface area contributed by atoms with E-state index in [-0.39, 0.29) is 11.8 Å². The molecule has 3 N–H and O–H groups in total. The van der Waals surface area contributed by atoms with E-state index in [1.165, 1.54) is 33.2 Å². The van der Waals surface area contributed by atoms with Crippen molar-refractivity contribution in [2.24, 2.45) is 11.7 Å². The van der Waals surface area contributed by atoms with Gasteiger partial charge in [-0.3, -0.25) is 9.69 Å². The standard InChI is InChI=1S/C34H40ClN5O/c35-30-9-10-31(25-5-2-1-3-6-25)28(23-30)14-18-38-16-12-26(13-17-38)32(36)34(41)40-21-19-39(20-22-40)24-29-8-4-7-27-11-15-37-33(27)29/h1-11,15,23,26,32,37H,12-14,16-22,24,36H2/t32-/m1/s1. The van der Waals surface area contributed by atoms with Gasteiger partial charge in [0.15, 0.2) is 0 Å². The van der Waals surface area contributed by atoms with Crippen LogP contribution in [0.4, 0.5) is 0 Å². The first-order valence-electron chi connectivity index (χ1n) is 14.9. The number of carbonyl (C=O) groups excluding carboxylic acids is 1. The van der Waals surface area contributed by atoms with Gasteiger partial charge >= 0.3 is 0 Å². The number of aromatic amines is 1. The number of carbonyl (C=O) groups is 1. The highest BCUT2D eigenvalue weighted by Crippen LogP contribution is 2.28. The Morgan fingerprint density at radius 2 is 1.66 bits per heavy atom. The summed E-state index contributed by atoms with van der Waals surface area (Å²) < 4.78 is 0. The molecule has 0 spiro atoms. The van der Waals surface area contributed by atoms with Gasteiger partial charge in [-0.2, -0.15) is 0 Å². The number of para-hydroxylation sites is 1. The Morgan fingerprint density at radius 3 is 2.44 bits per heavy atom. The number of nitrogens with zero attached hydrogens (tertiary/aromatic N) is 3. The molecule has 1 amide bonds. The monoisotopic (exact) mass is 569 g/mol. The molecule has 4 aromatic rings. The summed E-state index contributed by atoms with van der Waals surface area (Å²) in [6, 6.07) is 24.9. The van der Waals surface area contributed by atoms with Crippen molar-refractivity contribution in [1.82, 2.24) is 19.7 Å². The second-order valence-electron chi connectivity index (χ2n) is 11.6. The highest BCUT2D eigenvalue weighted by molar-refractivity contribution is 6.30. The van der Waals surface area contributed by atoms with E-state index in [1.54, 1.807) is 0 Å². The van der Waals surface area contributed by atoms with Gasteiger partial charge in [-0.1, -0.05) is 66.2 Å². The largest absolute Gasteiger partial charge is 0.361 e. The molecule has 0 aliphatic carbocycles. The minimum Gasteiger partial charge on any atom is -0.361 e. The summed E-state index contributed by atoms with van der Waals surface area (Å²) in [5, 5.41) is 2.02. The number of aromatic nitrogens is 1. The maximum atomic E-state index is 13.4. The molecule has 41 heavy (non-hydrogen) atoms. The number of piperazine rings is 1. The summed E-state index contributed by atoms with van der Waals surface area (Å²) in [6.45, 7) is 7.08. The molecule has 2 aliphatic heterocycles. The molecular weight excluding hydrogens is 530 g/mol. The zero-order valence-electron chi connectivity index (χ0n) is 23.6. The zero-order chi connectivity index (χ0) is 28.2. The minimum atomic E-state index is -0.408. The molecule has 0 bridgehead atoms. The molecule has 3 aromatic carbocycles. The maximum absolute atomic E-state index is 13.4. The number of H-pyrrole nitrogens is 1. The van der Waals surface area contributed by atoms with Gasteiger partial charge in [-0.05, 0) is 84.1 Å². The van der Waals surface area contributed by atoms with Crippen molar-refractivity contribution in [2.75, 3.05) is 45.8 Å². The molecule has 214 valence electrons. The van der Waals surface area contributed by atoms with Crippen LogP contribution in [-0.2, 0) is 17.8 Å². The van der Waals surface area contributed by atoms with Crippen LogP contribution in [0.1, 0.15) is 24.0 Å². The number of amides is 1. The molecule has 0 radical (unpaired) electrons. The van der Waals surface area contributed by atoms with Crippen LogP contribution in [0.3, 0.4) is 0 Å². The number of benzene rings is 3. The van der Waals surface area contributed by atoms with Gasteiger partial charge < -0.3 is 20.5 Å². The smallest absolute Gasteiger partial charge is 0.239 e. The number of hydrogen-bond donors (Lipinski definition) is 2. The van der Waals surface area contributed by atoms with E-state index in [2.05, 4.69) is 75.4 Å². The normalized spacial score (nSPS) is 18.1. The molecule has 7 heteroatoms. The van der Waals surface area contributed by atoms with E-state index in [0.717, 1.165) is 76.6 Å². The second-order valence-corrected chi connectivity index (χ2v) is 12.0. The van der Waals surface area contributed by atoms with Crippen LogP contribution in [0, 0.1) is 5.92 Å². The van der Waals surface area contributed by atoms with Gasteiger partial charge in [0, 0.05) is 56.0 Å². The molecule has 2 fully saturated rings. The lowest BCUT2D eigenvalue weighted by molar-refractivity contribution is -0.136. The molecule has 1 atom stereocenters. The van der Waals surface area contributed by atoms with Crippen molar-refractivity contribution in [1.29, 1.82) is 0 Å². The molecule has 2 aliphatic rings. The second kappa shape index (κ2) is 12.8. The third-order valence-electron chi connectivity index (χ3n) is 9.03. The van der Waals surface area contributed by atoms with Crippen molar-refractivity contribution in [3.8, 4) is 11.1 Å². The summed E-state index contributed by atoms with van der Waals surface area (Å²) in [5.41, 5.74) is 12.9. The minimum absolute atomic E-state index is 0.126. The highest BCUT2D eigenvalue weighted by atomic mass is 35.5. The van der Waals surface area contributed by atoms with Crippen LogP contribution >= 0.6 is 11.6 Å². The molecule has 2 saturated heterocycles. The van der Waals surface area contributed by atoms with Crippen molar-refractivity contribution >= 4 is 28.4 Å². The Labute approximate surface area is 248 Å². The molecule has 0 saturated carbocycles. The van der Waals surface area contributed by atoms with Gasteiger partial charge in [-0.15, -0.1) is 0 Å². The third-order valence-corrected chi connectivity index (χ3v) is 9.26. The van der Waals surface area contributed by atoms with Crippen molar-refractivity contribution in [2.45, 2.75) is 31.8 Å². The van der Waals surface area contributed by atoms with E-state index in [0.29, 0.717) is 0 Å². The fourth-order valence-corrected chi connectivity index (χ4v) is 6.74. The average Bonchev–Trinajstić information content (AvgIpc) is 3.51. The van der Waals surface area contributed by atoms with Crippen LogP contribution in [0.15, 0.2) is 79.0 Å². The van der Waals surface area contributed by atoms with Crippen molar-refractivity contribution in [3.63, 3.8) is 0 Å². The molecule has 0 unspecified atom stereocenters. The first kappa shape index (κ1) is 28.0. The highest BCUT2D eigenvalue weighted by Gasteiger charge is 2.32. The molecular formula is C34H40ClN5O. The number of hydrogen-bond acceptors (Lipinski definition) is 4. The maximum Gasteiger partial charge on any atom is 0.239 e. The summed E-state index contributed by atoms with van der Waals surface area (Å²) in [4.78, 5) is 23.7. The number of nitrogens with one attached hydrogen (secondary N) is 1. The quantitative estimate of drug-likeness (QED) is 0.297. The van der Waals surface area contributed by atoms with E-state index >= 15 is 0 Å². The van der Waals surface area contributed by atoms with Gasteiger partial charge in [0.1, 0.15) is 0 Å². The Bertz CT molecular complexity index is 1450. The number of piperidine rings is 1. The van der Waals surface area contributed by atoms with Crippen LogP contribution < -0.4 is 5.73 Å².